The Bertz CT molecular complexity index is 258. The first kappa shape index (κ1) is 14.5. The molecule has 1 saturated carbocycles. The van der Waals surface area contributed by atoms with Gasteiger partial charge >= 0.3 is 5.97 Å². The summed E-state index contributed by atoms with van der Waals surface area (Å²) >= 11 is 0. The molecular formula is C15H28O2. The van der Waals surface area contributed by atoms with Gasteiger partial charge in [-0.05, 0) is 42.4 Å². The van der Waals surface area contributed by atoms with Crippen LogP contribution >= 0.6 is 0 Å². The van der Waals surface area contributed by atoms with Crippen LogP contribution in [-0.4, -0.2) is 11.1 Å². The largest absolute Gasteiger partial charge is 0.481 e. The van der Waals surface area contributed by atoms with Gasteiger partial charge in [-0.3, -0.25) is 4.79 Å². The predicted octanol–water partition coefficient (Wildman–Crippen LogP) is 4.05. The first-order chi connectivity index (χ1) is 7.84. The van der Waals surface area contributed by atoms with Gasteiger partial charge < -0.3 is 5.11 Å². The lowest BCUT2D eigenvalue weighted by atomic mass is 9.63. The van der Waals surface area contributed by atoms with Crippen LogP contribution in [0.2, 0.25) is 0 Å². The fourth-order valence-corrected chi connectivity index (χ4v) is 3.65. The molecule has 0 aromatic rings. The van der Waals surface area contributed by atoms with E-state index in [1.54, 1.807) is 0 Å². The van der Waals surface area contributed by atoms with Gasteiger partial charge in [-0.25, -0.2) is 0 Å². The summed E-state index contributed by atoms with van der Waals surface area (Å²) in [5.74, 6) is 1.74. The fraction of sp³-hybridized carbons (Fsp3) is 0.933. The molecule has 0 bridgehead atoms. The van der Waals surface area contributed by atoms with Gasteiger partial charge in [0, 0.05) is 0 Å². The van der Waals surface area contributed by atoms with Crippen LogP contribution in [0.25, 0.3) is 0 Å². The quantitative estimate of drug-likeness (QED) is 0.805. The van der Waals surface area contributed by atoms with Crippen molar-refractivity contribution in [1.82, 2.24) is 0 Å². The highest BCUT2D eigenvalue weighted by Gasteiger charge is 2.40. The Hall–Kier alpha value is -0.530. The molecule has 17 heavy (non-hydrogen) atoms. The summed E-state index contributed by atoms with van der Waals surface area (Å²) in [6.45, 7) is 10.9. The van der Waals surface area contributed by atoms with Gasteiger partial charge in [-0.15, -0.1) is 0 Å². The normalized spacial score (nSPS) is 31.8. The maximum Gasteiger partial charge on any atom is 0.307 e. The van der Waals surface area contributed by atoms with Gasteiger partial charge in [0.25, 0.3) is 0 Å². The van der Waals surface area contributed by atoms with E-state index in [2.05, 4.69) is 34.6 Å². The molecule has 0 saturated heterocycles. The Morgan fingerprint density at radius 2 is 1.71 bits per heavy atom. The Kier molecular flexibility index (Phi) is 5.03. The second kappa shape index (κ2) is 5.88. The van der Waals surface area contributed by atoms with E-state index >= 15 is 0 Å². The maximum atomic E-state index is 11.5. The van der Waals surface area contributed by atoms with Crippen molar-refractivity contribution in [3.8, 4) is 0 Å². The molecule has 0 radical (unpaired) electrons. The van der Waals surface area contributed by atoms with Crippen LogP contribution < -0.4 is 0 Å². The monoisotopic (exact) mass is 240 g/mol. The Labute approximate surface area is 106 Å². The van der Waals surface area contributed by atoms with Crippen molar-refractivity contribution in [3.63, 3.8) is 0 Å². The SMILES string of the molecule is CC1CCC(C(C)C)C(C(C(=O)O)C(C)C)C1. The number of hydrogen-bond acceptors (Lipinski definition) is 1. The van der Waals surface area contributed by atoms with Crippen molar-refractivity contribution < 1.29 is 9.90 Å². The molecule has 1 aliphatic carbocycles. The molecule has 1 N–H and O–H groups in total. The van der Waals surface area contributed by atoms with E-state index in [1.807, 2.05) is 0 Å². The van der Waals surface area contributed by atoms with E-state index in [4.69, 9.17) is 0 Å². The van der Waals surface area contributed by atoms with Crippen molar-refractivity contribution in [2.24, 2.45) is 35.5 Å². The Morgan fingerprint density at radius 3 is 2.12 bits per heavy atom. The third-order valence-electron chi connectivity index (χ3n) is 4.54. The molecule has 4 atom stereocenters. The zero-order chi connectivity index (χ0) is 13.2. The minimum atomic E-state index is -0.593. The summed E-state index contributed by atoms with van der Waals surface area (Å²) < 4.78 is 0. The highest BCUT2D eigenvalue weighted by atomic mass is 16.4. The zero-order valence-electron chi connectivity index (χ0n) is 11.9. The van der Waals surface area contributed by atoms with E-state index in [1.165, 1.54) is 12.8 Å². The van der Waals surface area contributed by atoms with Crippen LogP contribution in [0.5, 0.6) is 0 Å². The third kappa shape index (κ3) is 3.46. The van der Waals surface area contributed by atoms with Crippen LogP contribution in [0, 0.1) is 35.5 Å². The molecule has 0 amide bonds. The lowest BCUT2D eigenvalue weighted by Crippen LogP contribution is -2.38. The molecule has 1 rings (SSSR count). The van der Waals surface area contributed by atoms with E-state index in [0.29, 0.717) is 23.7 Å². The molecule has 0 aromatic carbocycles. The fourth-order valence-electron chi connectivity index (χ4n) is 3.65. The molecule has 2 heteroatoms. The molecule has 0 aliphatic heterocycles. The van der Waals surface area contributed by atoms with Gasteiger partial charge in [0.2, 0.25) is 0 Å². The van der Waals surface area contributed by atoms with Crippen LogP contribution in [0.15, 0.2) is 0 Å². The highest BCUT2D eigenvalue weighted by Crippen LogP contribution is 2.43. The standard InChI is InChI=1S/C15H28O2/c1-9(2)12-7-6-11(5)8-13(12)14(10(3)4)15(16)17/h9-14H,6-8H2,1-5H3,(H,16,17). The molecule has 1 aliphatic rings. The van der Waals surface area contributed by atoms with E-state index in [0.717, 1.165) is 6.42 Å². The predicted molar refractivity (Wildman–Crippen MR) is 70.8 cm³/mol. The average molecular weight is 240 g/mol. The van der Waals surface area contributed by atoms with E-state index in [9.17, 15) is 9.90 Å². The molecule has 1 fully saturated rings. The van der Waals surface area contributed by atoms with Crippen molar-refractivity contribution in [2.45, 2.75) is 53.9 Å². The van der Waals surface area contributed by atoms with E-state index in [-0.39, 0.29) is 11.8 Å². The Morgan fingerprint density at radius 1 is 1.12 bits per heavy atom. The molecule has 100 valence electrons. The molecule has 0 aromatic heterocycles. The molecule has 0 heterocycles. The van der Waals surface area contributed by atoms with Gasteiger partial charge in [-0.2, -0.15) is 0 Å². The van der Waals surface area contributed by atoms with Gasteiger partial charge in [0.05, 0.1) is 5.92 Å². The van der Waals surface area contributed by atoms with Gasteiger partial charge in [0.15, 0.2) is 0 Å². The van der Waals surface area contributed by atoms with Crippen molar-refractivity contribution in [2.75, 3.05) is 0 Å². The van der Waals surface area contributed by atoms with Gasteiger partial charge in [0.1, 0.15) is 0 Å². The average Bonchev–Trinajstić information content (AvgIpc) is 2.15. The number of rotatable bonds is 4. The van der Waals surface area contributed by atoms with Crippen LogP contribution in [0.3, 0.4) is 0 Å². The third-order valence-corrected chi connectivity index (χ3v) is 4.54. The second-order valence-electron chi connectivity index (χ2n) is 6.60. The maximum absolute atomic E-state index is 11.5. The van der Waals surface area contributed by atoms with Crippen LogP contribution in [0.1, 0.15) is 53.9 Å². The minimum Gasteiger partial charge on any atom is -0.481 e. The number of carboxylic acids is 1. The highest BCUT2D eigenvalue weighted by molar-refractivity contribution is 5.70. The summed E-state index contributed by atoms with van der Waals surface area (Å²) in [5, 5.41) is 9.48. The smallest absolute Gasteiger partial charge is 0.307 e. The molecular weight excluding hydrogens is 212 g/mol. The number of carbonyl (C=O) groups is 1. The number of carboxylic acid groups (broad SMARTS) is 1. The number of aliphatic carboxylic acids is 1. The Balaban J connectivity index is 2.90. The molecule has 4 unspecified atom stereocenters. The second-order valence-corrected chi connectivity index (χ2v) is 6.60. The minimum absolute atomic E-state index is 0.162. The van der Waals surface area contributed by atoms with Crippen molar-refractivity contribution in [3.05, 3.63) is 0 Å². The molecule has 2 nitrogen and oxygen atoms in total. The summed E-state index contributed by atoms with van der Waals surface area (Å²) in [4.78, 5) is 11.5. The summed E-state index contributed by atoms with van der Waals surface area (Å²) in [7, 11) is 0. The van der Waals surface area contributed by atoms with Crippen LogP contribution in [-0.2, 0) is 4.79 Å². The summed E-state index contributed by atoms with van der Waals surface area (Å²) in [5.41, 5.74) is 0. The lowest BCUT2D eigenvalue weighted by Gasteiger charge is -2.41. The van der Waals surface area contributed by atoms with Crippen molar-refractivity contribution >= 4 is 5.97 Å². The molecule has 0 spiro atoms. The van der Waals surface area contributed by atoms with Crippen LogP contribution in [0.4, 0.5) is 0 Å². The van der Waals surface area contributed by atoms with Gasteiger partial charge in [-0.1, -0.05) is 41.0 Å². The van der Waals surface area contributed by atoms with E-state index < -0.39 is 5.97 Å². The first-order valence-electron chi connectivity index (χ1n) is 7.07. The summed E-state index contributed by atoms with van der Waals surface area (Å²) in [6.07, 6.45) is 3.57. The summed E-state index contributed by atoms with van der Waals surface area (Å²) in [6, 6.07) is 0. The van der Waals surface area contributed by atoms with Crippen molar-refractivity contribution in [1.29, 1.82) is 0 Å². The number of hydrogen-bond donors (Lipinski definition) is 1. The lowest BCUT2D eigenvalue weighted by molar-refractivity contribution is -0.148. The first-order valence-corrected chi connectivity index (χ1v) is 7.07. The topological polar surface area (TPSA) is 37.3 Å². The zero-order valence-corrected chi connectivity index (χ0v) is 11.9.